The Hall–Kier alpha value is -2.22. The van der Waals surface area contributed by atoms with Gasteiger partial charge < -0.3 is 0 Å². The molecule has 0 aliphatic heterocycles. The molecule has 0 radical (unpaired) electrons. The van der Waals surface area contributed by atoms with Gasteiger partial charge in [-0.25, -0.2) is 4.39 Å². The predicted molar refractivity (Wildman–Crippen MR) is 75.7 cm³/mol. The van der Waals surface area contributed by atoms with Crippen molar-refractivity contribution in [2.75, 3.05) is 0 Å². The number of rotatable bonds is 3. The van der Waals surface area contributed by atoms with Gasteiger partial charge in [0.25, 0.3) is 0 Å². The summed E-state index contributed by atoms with van der Waals surface area (Å²) in [5, 5.41) is 0. The van der Waals surface area contributed by atoms with E-state index in [2.05, 4.69) is 6.58 Å². The Labute approximate surface area is 112 Å². The average molecular weight is 254 g/mol. The molecule has 0 N–H and O–H groups in total. The van der Waals surface area contributed by atoms with Crippen molar-refractivity contribution in [1.29, 1.82) is 0 Å². The van der Waals surface area contributed by atoms with Crippen LogP contribution in [0, 0.1) is 19.7 Å². The maximum absolute atomic E-state index is 13.2. The minimum Gasteiger partial charge on any atom is -0.289 e. The highest BCUT2D eigenvalue weighted by atomic mass is 19.1. The minimum atomic E-state index is -0.369. The lowest BCUT2D eigenvalue weighted by molar-refractivity contribution is 0.105. The summed E-state index contributed by atoms with van der Waals surface area (Å²) in [7, 11) is 0. The second-order valence-corrected chi connectivity index (χ2v) is 4.69. The van der Waals surface area contributed by atoms with Gasteiger partial charge in [-0.2, -0.15) is 0 Å². The second-order valence-electron chi connectivity index (χ2n) is 4.69. The minimum absolute atomic E-state index is 0.169. The molecule has 0 aliphatic rings. The Morgan fingerprint density at radius 3 is 2.21 bits per heavy atom. The molecule has 0 spiro atoms. The number of benzene rings is 2. The van der Waals surface area contributed by atoms with Gasteiger partial charge in [0.2, 0.25) is 0 Å². The molecule has 0 heterocycles. The maximum Gasteiger partial charge on any atom is 0.193 e. The summed E-state index contributed by atoms with van der Waals surface area (Å²) in [6.45, 7) is 7.66. The lowest BCUT2D eigenvalue weighted by Gasteiger charge is -2.07. The SMILES string of the molecule is C=C(C(=O)c1cc(C)cc(C)c1)c1cccc(F)c1. The van der Waals surface area contributed by atoms with Gasteiger partial charge in [-0.05, 0) is 43.7 Å². The van der Waals surface area contributed by atoms with Crippen molar-refractivity contribution in [3.8, 4) is 0 Å². The molecule has 2 aromatic carbocycles. The third kappa shape index (κ3) is 2.97. The summed E-state index contributed by atoms with van der Waals surface area (Å²) in [6.07, 6.45) is 0. The predicted octanol–water partition coefficient (Wildman–Crippen LogP) is 4.34. The number of hydrogen-bond donors (Lipinski definition) is 0. The Balaban J connectivity index is 2.36. The first-order valence-corrected chi connectivity index (χ1v) is 6.05. The fourth-order valence-corrected chi connectivity index (χ4v) is 2.09. The fraction of sp³-hybridized carbons (Fsp3) is 0.118. The van der Waals surface area contributed by atoms with Crippen molar-refractivity contribution in [3.63, 3.8) is 0 Å². The van der Waals surface area contributed by atoms with Crippen LogP contribution in [-0.2, 0) is 0 Å². The zero-order valence-electron chi connectivity index (χ0n) is 11.0. The molecule has 2 rings (SSSR count). The van der Waals surface area contributed by atoms with Crippen molar-refractivity contribution in [3.05, 3.63) is 77.1 Å². The number of carbonyl (C=O) groups excluding carboxylic acids is 1. The van der Waals surface area contributed by atoms with E-state index in [1.807, 2.05) is 32.0 Å². The number of carbonyl (C=O) groups is 1. The third-order valence-electron chi connectivity index (χ3n) is 2.93. The Morgan fingerprint density at radius 2 is 1.63 bits per heavy atom. The number of Topliss-reactive ketones (excluding diaryl/α,β-unsaturated/α-hetero) is 1. The van der Waals surface area contributed by atoms with Gasteiger partial charge in [-0.15, -0.1) is 0 Å². The van der Waals surface area contributed by atoms with Crippen LogP contribution in [0.25, 0.3) is 5.57 Å². The topological polar surface area (TPSA) is 17.1 Å². The molecular weight excluding hydrogens is 239 g/mol. The van der Waals surface area contributed by atoms with E-state index in [4.69, 9.17) is 0 Å². The van der Waals surface area contributed by atoms with Gasteiger partial charge in [0.15, 0.2) is 5.78 Å². The summed E-state index contributed by atoms with van der Waals surface area (Å²) < 4.78 is 13.2. The zero-order valence-corrected chi connectivity index (χ0v) is 11.0. The second kappa shape index (κ2) is 5.19. The van der Waals surface area contributed by atoms with Crippen LogP contribution in [-0.4, -0.2) is 5.78 Å². The lowest BCUT2D eigenvalue weighted by atomic mass is 9.96. The van der Waals surface area contributed by atoms with Gasteiger partial charge in [0, 0.05) is 11.1 Å². The molecule has 2 heteroatoms. The molecule has 0 aromatic heterocycles. The van der Waals surface area contributed by atoms with Crippen molar-refractivity contribution in [1.82, 2.24) is 0 Å². The number of hydrogen-bond acceptors (Lipinski definition) is 1. The monoisotopic (exact) mass is 254 g/mol. The maximum atomic E-state index is 13.2. The smallest absolute Gasteiger partial charge is 0.193 e. The summed E-state index contributed by atoms with van der Waals surface area (Å²) in [5.74, 6) is -0.538. The van der Waals surface area contributed by atoms with Crippen molar-refractivity contribution in [2.45, 2.75) is 13.8 Å². The van der Waals surface area contributed by atoms with E-state index in [0.717, 1.165) is 11.1 Å². The van der Waals surface area contributed by atoms with Gasteiger partial charge in [-0.1, -0.05) is 35.9 Å². The molecule has 0 aliphatic carbocycles. The van der Waals surface area contributed by atoms with Gasteiger partial charge in [0.05, 0.1) is 0 Å². The molecule has 19 heavy (non-hydrogen) atoms. The molecule has 0 saturated carbocycles. The average Bonchev–Trinajstić information content (AvgIpc) is 2.36. The van der Waals surface area contributed by atoms with Crippen LogP contribution in [0.2, 0.25) is 0 Å². The van der Waals surface area contributed by atoms with Crippen LogP contribution in [0.3, 0.4) is 0 Å². The Morgan fingerprint density at radius 1 is 1.00 bits per heavy atom. The Bertz CT molecular complexity index is 636. The summed E-state index contributed by atoms with van der Waals surface area (Å²) in [6, 6.07) is 11.6. The molecular formula is C17H15FO. The first-order chi connectivity index (χ1) is 8.97. The van der Waals surface area contributed by atoms with E-state index < -0.39 is 0 Å². The highest BCUT2D eigenvalue weighted by Crippen LogP contribution is 2.20. The largest absolute Gasteiger partial charge is 0.289 e. The number of halogens is 1. The van der Waals surface area contributed by atoms with Crippen molar-refractivity contribution >= 4 is 11.4 Å². The lowest BCUT2D eigenvalue weighted by Crippen LogP contribution is -2.03. The van der Waals surface area contributed by atoms with Crippen molar-refractivity contribution in [2.24, 2.45) is 0 Å². The summed E-state index contributed by atoms with van der Waals surface area (Å²) in [4.78, 5) is 12.3. The first kappa shape index (κ1) is 13.2. The molecule has 0 unspecified atom stereocenters. The fourth-order valence-electron chi connectivity index (χ4n) is 2.09. The zero-order chi connectivity index (χ0) is 14.0. The highest BCUT2D eigenvalue weighted by molar-refractivity contribution is 6.28. The molecule has 0 fully saturated rings. The standard InChI is InChI=1S/C17H15FO/c1-11-7-12(2)9-15(8-11)17(19)13(3)14-5-4-6-16(18)10-14/h4-10H,3H2,1-2H3. The van der Waals surface area contributed by atoms with E-state index in [1.165, 1.54) is 12.1 Å². The van der Waals surface area contributed by atoms with E-state index >= 15 is 0 Å². The van der Waals surface area contributed by atoms with Crippen LogP contribution in [0.5, 0.6) is 0 Å². The third-order valence-corrected chi connectivity index (χ3v) is 2.93. The number of aryl methyl sites for hydroxylation is 2. The van der Waals surface area contributed by atoms with E-state index in [-0.39, 0.29) is 11.6 Å². The van der Waals surface area contributed by atoms with Gasteiger partial charge >= 0.3 is 0 Å². The molecule has 2 aromatic rings. The number of allylic oxidation sites excluding steroid dienone is 1. The summed E-state index contributed by atoms with van der Waals surface area (Å²) in [5.41, 5.74) is 3.46. The van der Waals surface area contributed by atoms with Crippen molar-refractivity contribution < 1.29 is 9.18 Å². The molecule has 0 atom stereocenters. The molecule has 0 saturated heterocycles. The van der Waals surface area contributed by atoms with E-state index in [9.17, 15) is 9.18 Å². The van der Waals surface area contributed by atoms with Gasteiger partial charge in [-0.3, -0.25) is 4.79 Å². The molecule has 0 amide bonds. The van der Waals surface area contributed by atoms with E-state index in [1.54, 1.807) is 12.1 Å². The van der Waals surface area contributed by atoms with Crippen LogP contribution < -0.4 is 0 Å². The molecule has 1 nitrogen and oxygen atoms in total. The molecule has 0 bridgehead atoms. The Kier molecular flexibility index (Phi) is 3.61. The summed E-state index contributed by atoms with van der Waals surface area (Å²) >= 11 is 0. The normalized spacial score (nSPS) is 10.3. The van der Waals surface area contributed by atoms with E-state index in [0.29, 0.717) is 16.7 Å². The van der Waals surface area contributed by atoms with Crippen LogP contribution in [0.1, 0.15) is 27.0 Å². The van der Waals surface area contributed by atoms with Crippen LogP contribution >= 0.6 is 0 Å². The van der Waals surface area contributed by atoms with Gasteiger partial charge in [0.1, 0.15) is 5.82 Å². The molecule has 96 valence electrons. The highest BCUT2D eigenvalue weighted by Gasteiger charge is 2.13. The first-order valence-electron chi connectivity index (χ1n) is 6.05. The van der Waals surface area contributed by atoms with Crippen LogP contribution in [0.15, 0.2) is 49.0 Å². The number of ketones is 1. The quantitative estimate of drug-likeness (QED) is 0.588. The van der Waals surface area contributed by atoms with Crippen LogP contribution in [0.4, 0.5) is 4.39 Å².